The molecule has 3 rings (SSSR count). The van der Waals surface area contributed by atoms with Crippen molar-refractivity contribution in [1.29, 1.82) is 0 Å². The molecule has 3 aromatic carbocycles. The van der Waals surface area contributed by atoms with E-state index in [0.29, 0.717) is 23.3 Å². The van der Waals surface area contributed by atoms with Crippen molar-refractivity contribution in [1.82, 2.24) is 0 Å². The van der Waals surface area contributed by atoms with E-state index in [-0.39, 0.29) is 25.1 Å². The Kier molecular flexibility index (Phi) is 10.4. The van der Waals surface area contributed by atoms with Crippen molar-refractivity contribution in [2.45, 2.75) is 41.0 Å². The van der Waals surface area contributed by atoms with Crippen LogP contribution in [0.2, 0.25) is 0 Å². The second-order valence-electron chi connectivity index (χ2n) is 11.3. The zero-order valence-electron chi connectivity index (χ0n) is 24.5. The van der Waals surface area contributed by atoms with Crippen LogP contribution in [0.1, 0.15) is 40.2 Å². The van der Waals surface area contributed by atoms with Crippen LogP contribution in [0.4, 0.5) is 0 Å². The van der Waals surface area contributed by atoms with Gasteiger partial charge in [-0.2, -0.15) is 0 Å². The second-order valence-corrected chi connectivity index (χ2v) is 11.3. The molecule has 0 aliphatic carbocycles. The maximum atomic E-state index is 12.3. The zero-order chi connectivity index (χ0) is 30.2. The molecule has 1 atom stereocenters. The third-order valence-electron chi connectivity index (χ3n) is 6.30. The Hall–Kier alpha value is -4.45. The van der Waals surface area contributed by atoms with Gasteiger partial charge in [-0.1, -0.05) is 73.8 Å². The summed E-state index contributed by atoms with van der Waals surface area (Å²) in [6.45, 7) is 16.1. The Morgan fingerprint density at radius 1 is 0.659 bits per heavy atom. The van der Waals surface area contributed by atoms with Gasteiger partial charge in [0.2, 0.25) is 0 Å². The van der Waals surface area contributed by atoms with Crippen molar-refractivity contribution in [2.75, 3.05) is 13.2 Å². The molecule has 0 aliphatic rings. The summed E-state index contributed by atoms with van der Waals surface area (Å²) < 4.78 is 16.2. The fraction of sp³-hybridized carbons (Fsp3) is 0.286. The van der Waals surface area contributed by atoms with E-state index in [4.69, 9.17) is 14.2 Å². The first kappa shape index (κ1) is 31.1. The van der Waals surface area contributed by atoms with Crippen molar-refractivity contribution < 1.29 is 28.6 Å². The average molecular weight is 555 g/mol. The van der Waals surface area contributed by atoms with Gasteiger partial charge in [-0.3, -0.25) is 4.79 Å². The van der Waals surface area contributed by atoms with Crippen molar-refractivity contribution in [3.05, 3.63) is 103 Å². The highest BCUT2D eigenvalue weighted by Gasteiger charge is 2.25. The Morgan fingerprint density at radius 3 is 1.51 bits per heavy atom. The summed E-state index contributed by atoms with van der Waals surface area (Å²) in [5.41, 5.74) is 5.29. The molecule has 0 N–H and O–H groups in total. The van der Waals surface area contributed by atoms with Crippen molar-refractivity contribution in [2.24, 2.45) is 11.3 Å². The SMILES string of the molecule is C=C(C)C(=O)OCC(COC(=O)C(C)(C)C)Cc1ccc(-c2ccc(-c3ccc(OC(=O)C(=C)C)cc3)cc2)cc1. The summed E-state index contributed by atoms with van der Waals surface area (Å²) in [5, 5.41) is 0. The minimum Gasteiger partial charge on any atom is -0.465 e. The van der Waals surface area contributed by atoms with Gasteiger partial charge in [-0.05, 0) is 81.0 Å². The van der Waals surface area contributed by atoms with E-state index in [1.807, 2.05) is 48.5 Å². The summed E-state index contributed by atoms with van der Waals surface area (Å²) in [4.78, 5) is 35.9. The summed E-state index contributed by atoms with van der Waals surface area (Å²) in [6.07, 6.45) is 0.581. The first-order chi connectivity index (χ1) is 19.3. The largest absolute Gasteiger partial charge is 0.465 e. The van der Waals surface area contributed by atoms with Gasteiger partial charge in [-0.15, -0.1) is 0 Å². The van der Waals surface area contributed by atoms with Crippen molar-refractivity contribution >= 4 is 17.9 Å². The molecule has 0 saturated carbocycles. The lowest BCUT2D eigenvalue weighted by atomic mass is 9.96. The molecule has 0 spiro atoms. The van der Waals surface area contributed by atoms with Crippen LogP contribution < -0.4 is 4.74 Å². The van der Waals surface area contributed by atoms with Crippen molar-refractivity contribution in [3.8, 4) is 28.0 Å². The van der Waals surface area contributed by atoms with Gasteiger partial charge in [0.15, 0.2) is 0 Å². The molecular weight excluding hydrogens is 516 g/mol. The molecule has 41 heavy (non-hydrogen) atoms. The predicted molar refractivity (Wildman–Crippen MR) is 161 cm³/mol. The monoisotopic (exact) mass is 554 g/mol. The van der Waals surface area contributed by atoms with Crippen LogP contribution in [0.5, 0.6) is 5.75 Å². The van der Waals surface area contributed by atoms with Gasteiger partial charge in [-0.25, -0.2) is 9.59 Å². The van der Waals surface area contributed by atoms with Gasteiger partial charge in [0.25, 0.3) is 0 Å². The van der Waals surface area contributed by atoms with Crippen molar-refractivity contribution in [3.63, 3.8) is 0 Å². The predicted octanol–water partition coefficient (Wildman–Crippen LogP) is 7.37. The first-order valence-corrected chi connectivity index (χ1v) is 13.5. The van der Waals surface area contributed by atoms with Gasteiger partial charge in [0.1, 0.15) is 5.75 Å². The minimum atomic E-state index is -0.612. The van der Waals surface area contributed by atoms with Crippen LogP contribution in [0.25, 0.3) is 22.3 Å². The van der Waals surface area contributed by atoms with E-state index in [1.165, 1.54) is 0 Å². The quantitative estimate of drug-likeness (QED) is 0.140. The van der Waals surface area contributed by atoms with Crippen LogP contribution in [-0.4, -0.2) is 31.1 Å². The summed E-state index contributed by atoms with van der Waals surface area (Å²) in [6, 6.07) is 23.7. The molecule has 0 radical (unpaired) electrons. The summed E-state index contributed by atoms with van der Waals surface area (Å²) in [5.74, 6) is -0.918. The van der Waals surface area contributed by atoms with Gasteiger partial charge >= 0.3 is 17.9 Å². The van der Waals surface area contributed by atoms with E-state index in [9.17, 15) is 14.4 Å². The number of esters is 3. The van der Waals surface area contributed by atoms with E-state index < -0.39 is 17.4 Å². The third-order valence-corrected chi connectivity index (χ3v) is 6.30. The van der Waals surface area contributed by atoms with Crippen LogP contribution in [0.15, 0.2) is 97.1 Å². The maximum Gasteiger partial charge on any atom is 0.338 e. The van der Waals surface area contributed by atoms with Gasteiger partial charge < -0.3 is 14.2 Å². The molecule has 6 heteroatoms. The minimum absolute atomic E-state index is 0.129. The highest BCUT2D eigenvalue weighted by atomic mass is 16.5. The number of carbonyl (C=O) groups is 3. The number of hydrogen-bond acceptors (Lipinski definition) is 6. The standard InChI is InChI=1S/C35H38O6/c1-23(2)32(36)39-21-26(22-40-34(38)35(5,6)7)20-25-8-10-27(11-9-25)28-12-14-29(15-13-28)30-16-18-31(19-17-30)41-33(37)24(3)4/h8-19,26H,1,3,20-22H2,2,4-7H3. The van der Waals surface area contributed by atoms with Crippen LogP contribution in [0.3, 0.4) is 0 Å². The lowest BCUT2D eigenvalue weighted by Crippen LogP contribution is -2.28. The molecule has 1 unspecified atom stereocenters. The molecule has 6 nitrogen and oxygen atoms in total. The van der Waals surface area contributed by atoms with E-state index in [0.717, 1.165) is 27.8 Å². The first-order valence-electron chi connectivity index (χ1n) is 13.5. The lowest BCUT2D eigenvalue weighted by Gasteiger charge is -2.21. The van der Waals surface area contributed by atoms with Gasteiger partial charge in [0, 0.05) is 17.1 Å². The molecule has 0 aromatic heterocycles. The molecule has 0 bridgehead atoms. The topological polar surface area (TPSA) is 78.9 Å². The molecule has 3 aromatic rings. The fourth-order valence-electron chi connectivity index (χ4n) is 3.82. The smallest absolute Gasteiger partial charge is 0.338 e. The highest BCUT2D eigenvalue weighted by Crippen LogP contribution is 2.27. The third kappa shape index (κ3) is 9.31. The van der Waals surface area contributed by atoms with Gasteiger partial charge in [0.05, 0.1) is 18.6 Å². The zero-order valence-corrected chi connectivity index (χ0v) is 24.5. The number of benzene rings is 3. The van der Waals surface area contributed by atoms with E-state index >= 15 is 0 Å². The van der Waals surface area contributed by atoms with E-state index in [2.05, 4.69) is 25.3 Å². The number of ether oxygens (including phenoxy) is 3. The Morgan fingerprint density at radius 2 is 1.07 bits per heavy atom. The Bertz CT molecular complexity index is 1390. The molecule has 0 fully saturated rings. The Labute approximate surface area is 242 Å². The number of carbonyl (C=O) groups excluding carboxylic acids is 3. The maximum absolute atomic E-state index is 12.3. The molecule has 0 heterocycles. The summed E-state index contributed by atoms with van der Waals surface area (Å²) >= 11 is 0. The van der Waals surface area contributed by atoms with Crippen LogP contribution in [0, 0.1) is 11.3 Å². The lowest BCUT2D eigenvalue weighted by molar-refractivity contribution is -0.155. The molecule has 0 saturated heterocycles. The van der Waals surface area contributed by atoms with E-state index in [1.54, 1.807) is 46.8 Å². The molecule has 0 amide bonds. The number of hydrogen-bond donors (Lipinski definition) is 0. The molecule has 214 valence electrons. The normalized spacial score (nSPS) is 11.7. The highest BCUT2D eigenvalue weighted by molar-refractivity contribution is 5.89. The Balaban J connectivity index is 1.66. The molecule has 0 aliphatic heterocycles. The van der Waals surface area contributed by atoms with Crippen LogP contribution >= 0.6 is 0 Å². The fourth-order valence-corrected chi connectivity index (χ4v) is 3.82. The second kappa shape index (κ2) is 13.8. The summed E-state index contributed by atoms with van der Waals surface area (Å²) in [7, 11) is 0. The van der Waals surface area contributed by atoms with Crippen LogP contribution in [-0.2, 0) is 30.3 Å². The average Bonchev–Trinajstić information content (AvgIpc) is 2.94. The molecular formula is C35H38O6. The number of rotatable bonds is 11.